The average molecular weight is 256 g/mol. The molecular weight excluding hydrogens is 240 g/mol. The Morgan fingerprint density at radius 2 is 2.00 bits per heavy atom. The van der Waals surface area contributed by atoms with Crippen molar-refractivity contribution in [1.82, 2.24) is 0 Å². The number of benzene rings is 1. The molecule has 0 N–H and O–H groups in total. The van der Waals surface area contributed by atoms with Crippen molar-refractivity contribution in [3.8, 4) is 0 Å². The van der Waals surface area contributed by atoms with E-state index in [1.165, 1.54) is 0 Å². The average Bonchev–Trinajstić information content (AvgIpc) is 2.77. The number of allylic oxidation sites excluding steroid dienone is 3. The maximum Gasteiger partial charge on any atom is 0.335 e. The quantitative estimate of drug-likeness (QED) is 0.617. The van der Waals surface area contributed by atoms with E-state index in [9.17, 15) is 9.59 Å². The van der Waals surface area contributed by atoms with Gasteiger partial charge in [-0.1, -0.05) is 36.4 Å². The molecule has 1 aliphatic rings. The smallest absolute Gasteiger partial charge is 0.335 e. The van der Waals surface area contributed by atoms with Crippen molar-refractivity contribution in [2.75, 3.05) is 6.61 Å². The van der Waals surface area contributed by atoms with Crippen LogP contribution in [0.4, 0.5) is 0 Å². The van der Waals surface area contributed by atoms with Crippen molar-refractivity contribution in [3.63, 3.8) is 0 Å². The highest BCUT2D eigenvalue weighted by Gasteiger charge is 2.36. The summed E-state index contributed by atoms with van der Waals surface area (Å²) in [5, 5.41) is 0. The van der Waals surface area contributed by atoms with Crippen LogP contribution in [-0.4, -0.2) is 18.4 Å². The summed E-state index contributed by atoms with van der Waals surface area (Å²) in [5.74, 6) is -0.996. The highest BCUT2D eigenvalue weighted by molar-refractivity contribution is 6.15. The number of ether oxygens (including phenoxy) is 1. The third-order valence-electron chi connectivity index (χ3n) is 3.12. The second kappa shape index (κ2) is 5.65. The van der Waals surface area contributed by atoms with Gasteiger partial charge in [0.05, 0.1) is 18.1 Å². The number of ketones is 1. The summed E-state index contributed by atoms with van der Waals surface area (Å²) in [7, 11) is 0. The molecule has 1 unspecified atom stereocenters. The first-order chi connectivity index (χ1) is 9.19. The van der Waals surface area contributed by atoms with Gasteiger partial charge in [0.15, 0.2) is 5.78 Å². The maximum absolute atomic E-state index is 12.3. The zero-order chi connectivity index (χ0) is 13.8. The fraction of sp³-hybridized carbons (Fsp3) is 0.250. The molecule has 3 nitrogen and oxygen atoms in total. The van der Waals surface area contributed by atoms with Crippen molar-refractivity contribution in [1.29, 1.82) is 0 Å². The van der Waals surface area contributed by atoms with Crippen molar-refractivity contribution in [3.05, 3.63) is 59.2 Å². The lowest BCUT2D eigenvalue weighted by atomic mass is 9.91. The van der Waals surface area contributed by atoms with E-state index in [0.717, 1.165) is 5.56 Å². The molecule has 0 bridgehead atoms. The summed E-state index contributed by atoms with van der Waals surface area (Å²) in [4.78, 5) is 24.3. The van der Waals surface area contributed by atoms with Crippen LogP contribution in [0.1, 0.15) is 25.3 Å². The van der Waals surface area contributed by atoms with Gasteiger partial charge >= 0.3 is 5.97 Å². The summed E-state index contributed by atoms with van der Waals surface area (Å²) in [6.07, 6.45) is 3.36. The molecule has 0 radical (unpaired) electrons. The molecule has 0 fully saturated rings. The Morgan fingerprint density at radius 1 is 1.32 bits per heavy atom. The standard InChI is InChI=1S/C16H16O3/c1-3-11-10-13(16(18)19-4-2)14(15(11)17)12-8-6-5-7-9-12/h3,5-10,14H,4H2,1-2H3/b11-3+. The molecule has 0 heterocycles. The molecule has 2 rings (SSSR count). The van der Waals surface area contributed by atoms with E-state index in [4.69, 9.17) is 4.74 Å². The van der Waals surface area contributed by atoms with Crippen LogP contribution in [0.15, 0.2) is 53.6 Å². The number of Topliss-reactive ketones (excluding diaryl/α,β-unsaturated/α-hetero) is 1. The highest BCUT2D eigenvalue weighted by atomic mass is 16.5. The Bertz CT molecular complexity index is 553. The first-order valence-electron chi connectivity index (χ1n) is 6.33. The van der Waals surface area contributed by atoms with Gasteiger partial charge < -0.3 is 4.74 Å². The molecule has 19 heavy (non-hydrogen) atoms. The summed E-state index contributed by atoms with van der Waals surface area (Å²) in [6, 6.07) is 9.31. The Labute approximate surface area is 112 Å². The Morgan fingerprint density at radius 3 is 2.58 bits per heavy atom. The van der Waals surface area contributed by atoms with Crippen LogP contribution in [0.5, 0.6) is 0 Å². The lowest BCUT2D eigenvalue weighted by Crippen LogP contribution is -2.17. The molecule has 0 amide bonds. The Kier molecular flexibility index (Phi) is 3.95. The van der Waals surface area contributed by atoms with Crippen LogP contribution >= 0.6 is 0 Å². The van der Waals surface area contributed by atoms with E-state index in [2.05, 4.69) is 0 Å². The minimum atomic E-state index is -0.536. The van der Waals surface area contributed by atoms with Gasteiger partial charge in [0.25, 0.3) is 0 Å². The monoisotopic (exact) mass is 256 g/mol. The first kappa shape index (κ1) is 13.3. The van der Waals surface area contributed by atoms with Crippen LogP contribution in [0.3, 0.4) is 0 Å². The van der Waals surface area contributed by atoms with Crippen molar-refractivity contribution in [2.24, 2.45) is 0 Å². The molecular formula is C16H16O3. The topological polar surface area (TPSA) is 43.4 Å². The fourth-order valence-electron chi connectivity index (χ4n) is 2.22. The van der Waals surface area contributed by atoms with Gasteiger partial charge in [-0.05, 0) is 25.5 Å². The molecule has 0 saturated heterocycles. The van der Waals surface area contributed by atoms with Crippen molar-refractivity contribution < 1.29 is 14.3 Å². The lowest BCUT2D eigenvalue weighted by Gasteiger charge is -2.12. The van der Waals surface area contributed by atoms with Gasteiger partial charge in [-0.3, -0.25) is 4.79 Å². The SMILES string of the molecule is C/C=C1\C=C(C(=O)OCC)C(c2ccccc2)C1=O. The normalized spacial score (nSPS) is 20.5. The number of carbonyl (C=O) groups is 2. The zero-order valence-electron chi connectivity index (χ0n) is 11.1. The molecule has 3 heteroatoms. The minimum absolute atomic E-state index is 0.0447. The number of esters is 1. The summed E-state index contributed by atoms with van der Waals surface area (Å²) >= 11 is 0. The van der Waals surface area contributed by atoms with Crippen LogP contribution in [0, 0.1) is 0 Å². The second-order valence-corrected chi connectivity index (χ2v) is 4.27. The van der Waals surface area contributed by atoms with E-state index >= 15 is 0 Å². The third-order valence-corrected chi connectivity index (χ3v) is 3.12. The van der Waals surface area contributed by atoms with Gasteiger partial charge in [-0.2, -0.15) is 0 Å². The number of rotatable bonds is 3. The van der Waals surface area contributed by atoms with E-state index in [1.807, 2.05) is 30.3 Å². The second-order valence-electron chi connectivity index (χ2n) is 4.27. The zero-order valence-corrected chi connectivity index (χ0v) is 11.1. The predicted octanol–water partition coefficient (Wildman–Crippen LogP) is 2.79. The lowest BCUT2D eigenvalue weighted by molar-refractivity contribution is -0.139. The van der Waals surface area contributed by atoms with Gasteiger partial charge in [0.1, 0.15) is 0 Å². The number of hydrogen-bond donors (Lipinski definition) is 0. The van der Waals surface area contributed by atoms with E-state index in [0.29, 0.717) is 17.8 Å². The summed E-state index contributed by atoms with van der Waals surface area (Å²) in [5.41, 5.74) is 1.81. The van der Waals surface area contributed by atoms with Gasteiger partial charge in [0.2, 0.25) is 0 Å². The molecule has 1 aliphatic carbocycles. The summed E-state index contributed by atoms with van der Waals surface area (Å²) < 4.78 is 5.03. The number of carbonyl (C=O) groups excluding carboxylic acids is 2. The molecule has 0 saturated carbocycles. The van der Waals surface area contributed by atoms with Crippen LogP contribution in [-0.2, 0) is 14.3 Å². The maximum atomic E-state index is 12.3. The van der Waals surface area contributed by atoms with Gasteiger partial charge in [-0.15, -0.1) is 0 Å². The van der Waals surface area contributed by atoms with Crippen LogP contribution < -0.4 is 0 Å². The van der Waals surface area contributed by atoms with Crippen LogP contribution in [0.2, 0.25) is 0 Å². The largest absolute Gasteiger partial charge is 0.463 e. The van der Waals surface area contributed by atoms with Crippen LogP contribution in [0.25, 0.3) is 0 Å². The van der Waals surface area contributed by atoms with Crippen molar-refractivity contribution >= 4 is 11.8 Å². The predicted molar refractivity (Wildman–Crippen MR) is 72.7 cm³/mol. The minimum Gasteiger partial charge on any atom is -0.463 e. The Hall–Kier alpha value is -2.16. The van der Waals surface area contributed by atoms with E-state index < -0.39 is 11.9 Å². The molecule has 1 atom stereocenters. The molecule has 1 aromatic rings. The van der Waals surface area contributed by atoms with Gasteiger partial charge in [0, 0.05) is 5.57 Å². The third kappa shape index (κ3) is 2.50. The molecule has 0 spiro atoms. The molecule has 0 aliphatic heterocycles. The number of hydrogen-bond acceptors (Lipinski definition) is 3. The Balaban J connectivity index is 2.43. The molecule has 98 valence electrons. The van der Waals surface area contributed by atoms with Gasteiger partial charge in [-0.25, -0.2) is 4.79 Å². The first-order valence-corrected chi connectivity index (χ1v) is 6.33. The van der Waals surface area contributed by atoms with E-state index in [-0.39, 0.29) is 5.78 Å². The van der Waals surface area contributed by atoms with Crippen molar-refractivity contribution in [2.45, 2.75) is 19.8 Å². The molecule has 1 aromatic carbocycles. The molecule has 0 aromatic heterocycles. The fourth-order valence-corrected chi connectivity index (χ4v) is 2.22. The van der Waals surface area contributed by atoms with E-state index in [1.54, 1.807) is 26.0 Å². The summed E-state index contributed by atoms with van der Waals surface area (Å²) in [6.45, 7) is 3.85. The highest BCUT2D eigenvalue weighted by Crippen LogP contribution is 2.35.